The lowest BCUT2D eigenvalue weighted by Gasteiger charge is -2.27. The predicted molar refractivity (Wildman–Crippen MR) is 95.6 cm³/mol. The van der Waals surface area contributed by atoms with E-state index in [4.69, 9.17) is 5.73 Å². The molecule has 0 bridgehead atoms. The standard InChI is InChI=1S/C19H22N4O4/c20-12-5-2-6-13(12)21-9-10-3-1-4-11-16(10)19(27)23(18(11)26)14-7-8-15(24)22-17(14)25/h1,3-4,12-14,21H,2,5-9,20H2,(H,22,24,25). The van der Waals surface area contributed by atoms with Gasteiger partial charge in [0.05, 0.1) is 11.1 Å². The molecule has 1 saturated carbocycles. The van der Waals surface area contributed by atoms with E-state index in [0.717, 1.165) is 29.7 Å². The lowest BCUT2D eigenvalue weighted by Crippen LogP contribution is -2.54. The van der Waals surface area contributed by atoms with Gasteiger partial charge in [0.15, 0.2) is 0 Å². The summed E-state index contributed by atoms with van der Waals surface area (Å²) in [6, 6.07) is 4.50. The largest absolute Gasteiger partial charge is 0.326 e. The Balaban J connectivity index is 1.58. The van der Waals surface area contributed by atoms with Crippen LogP contribution < -0.4 is 16.4 Å². The Labute approximate surface area is 156 Å². The van der Waals surface area contributed by atoms with E-state index in [1.165, 1.54) is 0 Å². The maximum Gasteiger partial charge on any atom is 0.262 e. The van der Waals surface area contributed by atoms with Crippen molar-refractivity contribution in [1.82, 2.24) is 15.5 Å². The van der Waals surface area contributed by atoms with Gasteiger partial charge in [-0.15, -0.1) is 0 Å². The number of amides is 4. The third-order valence-corrected chi connectivity index (χ3v) is 5.68. The van der Waals surface area contributed by atoms with Gasteiger partial charge in [-0.2, -0.15) is 0 Å². The van der Waals surface area contributed by atoms with E-state index in [1.807, 2.05) is 6.07 Å². The van der Waals surface area contributed by atoms with Crippen LogP contribution in [0.25, 0.3) is 0 Å². The van der Waals surface area contributed by atoms with E-state index in [-0.39, 0.29) is 30.8 Å². The minimum atomic E-state index is -0.945. The highest BCUT2D eigenvalue weighted by molar-refractivity contribution is 6.24. The number of rotatable bonds is 4. The van der Waals surface area contributed by atoms with Crippen LogP contribution in [0.15, 0.2) is 18.2 Å². The Kier molecular flexibility index (Phi) is 4.53. The zero-order chi connectivity index (χ0) is 19.1. The van der Waals surface area contributed by atoms with Gasteiger partial charge in [0.25, 0.3) is 11.8 Å². The highest BCUT2D eigenvalue weighted by Crippen LogP contribution is 2.30. The van der Waals surface area contributed by atoms with Crippen molar-refractivity contribution in [2.75, 3.05) is 0 Å². The zero-order valence-electron chi connectivity index (χ0n) is 14.9. The zero-order valence-corrected chi connectivity index (χ0v) is 14.9. The molecule has 4 N–H and O–H groups in total. The molecule has 3 atom stereocenters. The summed E-state index contributed by atoms with van der Waals surface area (Å²) in [5.41, 5.74) is 7.45. The normalized spacial score (nSPS) is 27.9. The van der Waals surface area contributed by atoms with Crippen molar-refractivity contribution < 1.29 is 19.2 Å². The van der Waals surface area contributed by atoms with E-state index in [2.05, 4.69) is 10.6 Å². The highest BCUT2D eigenvalue weighted by atomic mass is 16.2. The number of benzene rings is 1. The average molecular weight is 370 g/mol. The van der Waals surface area contributed by atoms with E-state index >= 15 is 0 Å². The van der Waals surface area contributed by atoms with Crippen LogP contribution >= 0.6 is 0 Å². The van der Waals surface area contributed by atoms with Crippen molar-refractivity contribution in [2.24, 2.45) is 5.73 Å². The third kappa shape index (κ3) is 3.04. The molecule has 1 aliphatic carbocycles. The molecule has 4 rings (SSSR count). The van der Waals surface area contributed by atoms with Crippen molar-refractivity contribution in [1.29, 1.82) is 0 Å². The summed E-state index contributed by atoms with van der Waals surface area (Å²) in [7, 11) is 0. The molecule has 0 aromatic heterocycles. The van der Waals surface area contributed by atoms with Crippen LogP contribution in [0.1, 0.15) is 58.4 Å². The van der Waals surface area contributed by atoms with Crippen LogP contribution in [0.2, 0.25) is 0 Å². The van der Waals surface area contributed by atoms with Gasteiger partial charge in [0.2, 0.25) is 11.8 Å². The van der Waals surface area contributed by atoms with Crippen LogP contribution in [-0.2, 0) is 16.1 Å². The van der Waals surface area contributed by atoms with E-state index in [9.17, 15) is 19.2 Å². The smallest absolute Gasteiger partial charge is 0.262 e. The topological polar surface area (TPSA) is 122 Å². The van der Waals surface area contributed by atoms with Crippen LogP contribution in [0.4, 0.5) is 0 Å². The molecular weight excluding hydrogens is 348 g/mol. The number of hydrogen-bond donors (Lipinski definition) is 3. The van der Waals surface area contributed by atoms with E-state index in [1.54, 1.807) is 12.1 Å². The molecule has 3 aliphatic rings. The summed E-state index contributed by atoms with van der Waals surface area (Å²) in [5.74, 6) is -1.94. The molecule has 8 nitrogen and oxygen atoms in total. The number of hydrogen-bond acceptors (Lipinski definition) is 6. The van der Waals surface area contributed by atoms with Gasteiger partial charge in [-0.3, -0.25) is 29.4 Å². The summed E-state index contributed by atoms with van der Waals surface area (Å²) >= 11 is 0. The first kappa shape index (κ1) is 17.8. The van der Waals surface area contributed by atoms with Crippen molar-refractivity contribution in [3.8, 4) is 0 Å². The summed E-state index contributed by atoms with van der Waals surface area (Å²) in [6.45, 7) is 0.434. The Morgan fingerprint density at radius 3 is 2.63 bits per heavy atom. The minimum Gasteiger partial charge on any atom is -0.326 e. The quantitative estimate of drug-likeness (QED) is 0.644. The number of carbonyl (C=O) groups excluding carboxylic acids is 4. The van der Waals surface area contributed by atoms with Gasteiger partial charge in [-0.1, -0.05) is 18.6 Å². The lowest BCUT2D eigenvalue weighted by atomic mass is 10.0. The van der Waals surface area contributed by atoms with Gasteiger partial charge in [-0.25, -0.2) is 0 Å². The van der Waals surface area contributed by atoms with Crippen molar-refractivity contribution in [3.05, 3.63) is 34.9 Å². The van der Waals surface area contributed by atoms with Gasteiger partial charge in [0.1, 0.15) is 6.04 Å². The second-order valence-corrected chi connectivity index (χ2v) is 7.37. The molecule has 27 heavy (non-hydrogen) atoms. The number of nitrogens with two attached hydrogens (primary N) is 1. The number of nitrogens with zero attached hydrogens (tertiary/aromatic N) is 1. The number of carbonyl (C=O) groups is 4. The second-order valence-electron chi connectivity index (χ2n) is 7.37. The maximum atomic E-state index is 13.0. The highest BCUT2D eigenvalue weighted by Gasteiger charge is 2.45. The Morgan fingerprint density at radius 2 is 1.93 bits per heavy atom. The molecule has 142 valence electrons. The number of nitrogens with one attached hydrogen (secondary N) is 2. The third-order valence-electron chi connectivity index (χ3n) is 5.68. The van der Waals surface area contributed by atoms with E-state index in [0.29, 0.717) is 17.7 Å². The van der Waals surface area contributed by atoms with Crippen LogP contribution in [-0.4, -0.2) is 46.7 Å². The minimum absolute atomic E-state index is 0.0964. The van der Waals surface area contributed by atoms with Crippen LogP contribution in [0, 0.1) is 0 Å². The Bertz CT molecular complexity index is 837. The van der Waals surface area contributed by atoms with Crippen molar-refractivity contribution in [2.45, 2.75) is 56.8 Å². The second kappa shape index (κ2) is 6.86. The number of fused-ring (bicyclic) bond motifs is 1. The lowest BCUT2D eigenvalue weighted by molar-refractivity contribution is -0.136. The fourth-order valence-corrected chi connectivity index (χ4v) is 4.22. The number of imide groups is 2. The van der Waals surface area contributed by atoms with Crippen molar-refractivity contribution in [3.63, 3.8) is 0 Å². The molecule has 2 heterocycles. The molecule has 8 heteroatoms. The average Bonchev–Trinajstić information content (AvgIpc) is 3.16. The summed E-state index contributed by atoms with van der Waals surface area (Å²) in [4.78, 5) is 50.3. The maximum absolute atomic E-state index is 13.0. The van der Waals surface area contributed by atoms with Gasteiger partial charge >= 0.3 is 0 Å². The Hall–Kier alpha value is -2.58. The first-order valence-corrected chi connectivity index (χ1v) is 9.30. The fraction of sp³-hybridized carbons (Fsp3) is 0.474. The molecule has 1 aromatic carbocycles. The molecule has 0 radical (unpaired) electrons. The summed E-state index contributed by atoms with van der Waals surface area (Å²) in [6.07, 6.45) is 3.31. The molecule has 1 saturated heterocycles. The first-order valence-electron chi connectivity index (χ1n) is 9.30. The molecule has 3 unspecified atom stereocenters. The fourth-order valence-electron chi connectivity index (χ4n) is 4.22. The van der Waals surface area contributed by atoms with Gasteiger partial charge in [0, 0.05) is 25.0 Å². The molecule has 2 aliphatic heterocycles. The monoisotopic (exact) mass is 370 g/mol. The van der Waals surface area contributed by atoms with Crippen LogP contribution in [0.5, 0.6) is 0 Å². The van der Waals surface area contributed by atoms with Crippen LogP contribution in [0.3, 0.4) is 0 Å². The number of piperidine rings is 1. The Morgan fingerprint density at radius 1 is 1.11 bits per heavy atom. The van der Waals surface area contributed by atoms with E-state index < -0.39 is 23.8 Å². The van der Waals surface area contributed by atoms with Gasteiger partial charge in [-0.05, 0) is 30.9 Å². The first-order chi connectivity index (χ1) is 13.0. The molecule has 2 fully saturated rings. The molecule has 0 spiro atoms. The predicted octanol–water partition coefficient (Wildman–Crippen LogP) is 0.0572. The summed E-state index contributed by atoms with van der Waals surface area (Å²) < 4.78 is 0. The molecular formula is C19H22N4O4. The van der Waals surface area contributed by atoms with Gasteiger partial charge < -0.3 is 11.1 Å². The summed E-state index contributed by atoms with van der Waals surface area (Å²) in [5, 5.41) is 5.60. The SMILES string of the molecule is NC1CCCC1NCc1cccc2c1C(=O)N(C1CCC(=O)NC1=O)C2=O. The van der Waals surface area contributed by atoms with Crippen molar-refractivity contribution >= 4 is 23.6 Å². The molecule has 4 amide bonds. The molecule has 1 aromatic rings.